The Morgan fingerprint density at radius 1 is 0.739 bits per heavy atom. The molecule has 0 radical (unpaired) electrons. The van der Waals surface area contributed by atoms with E-state index in [1.807, 2.05) is 50.2 Å². The van der Waals surface area contributed by atoms with Crippen molar-refractivity contribution >= 4 is 23.4 Å². The molecule has 0 unspecified atom stereocenters. The molecule has 6 heteroatoms. The van der Waals surface area contributed by atoms with Crippen molar-refractivity contribution in [2.24, 2.45) is 0 Å². The Kier molecular flexibility index (Phi) is 3.65. The van der Waals surface area contributed by atoms with E-state index in [2.05, 4.69) is 10.6 Å². The predicted molar refractivity (Wildman–Crippen MR) is 88.7 cm³/mol. The molecule has 1 aliphatic rings. The summed E-state index contributed by atoms with van der Waals surface area (Å²) in [5, 5.41) is 8.32. The maximum Gasteiger partial charge on any atom is 0.343 e. The van der Waals surface area contributed by atoms with E-state index in [0.717, 1.165) is 0 Å². The van der Waals surface area contributed by atoms with Gasteiger partial charge < -0.3 is 10.6 Å². The van der Waals surface area contributed by atoms with Crippen molar-refractivity contribution in [3.05, 3.63) is 60.7 Å². The van der Waals surface area contributed by atoms with Crippen molar-refractivity contribution in [3.63, 3.8) is 0 Å². The van der Waals surface area contributed by atoms with Gasteiger partial charge in [-0.2, -0.15) is 0 Å². The van der Waals surface area contributed by atoms with Gasteiger partial charge in [0, 0.05) is 11.4 Å². The summed E-state index contributed by atoms with van der Waals surface area (Å²) in [7, 11) is 0. The summed E-state index contributed by atoms with van der Waals surface area (Å²) in [5.74, 6) is 0. The average Bonchev–Trinajstić information content (AvgIpc) is 3.12. The van der Waals surface area contributed by atoms with Crippen molar-refractivity contribution in [1.82, 2.24) is 10.0 Å². The lowest BCUT2D eigenvalue weighted by molar-refractivity contribution is 0.210. The number of nitrogens with zero attached hydrogens (tertiary/aromatic N) is 2. The number of carbonyl (C=O) groups is 2. The van der Waals surface area contributed by atoms with Crippen LogP contribution in [0.2, 0.25) is 0 Å². The Balaban J connectivity index is 1.67. The first-order valence-corrected chi connectivity index (χ1v) is 7.32. The van der Waals surface area contributed by atoms with Gasteiger partial charge in [0.05, 0.1) is 0 Å². The summed E-state index contributed by atoms with van der Waals surface area (Å²) < 4.78 is 0. The van der Waals surface area contributed by atoms with Crippen molar-refractivity contribution in [2.45, 2.75) is 19.5 Å². The normalized spacial score (nSPS) is 15.0. The topological polar surface area (TPSA) is 64.2 Å². The molecule has 1 aliphatic heterocycles. The first kappa shape index (κ1) is 14.9. The molecule has 118 valence electrons. The van der Waals surface area contributed by atoms with Gasteiger partial charge in [-0.1, -0.05) is 36.4 Å². The van der Waals surface area contributed by atoms with Crippen LogP contribution in [0.1, 0.15) is 13.8 Å². The standard InChI is InChI=1S/C17H18N4O2/c1-17(2)20(15(22)18-13-9-5-3-6-10-13)21(17)16(23)19-14-11-7-4-8-12-14/h3-12H,1-2H3,(H,18,22)(H,19,23). The number of anilines is 2. The van der Waals surface area contributed by atoms with Gasteiger partial charge in [-0.25, -0.2) is 19.6 Å². The molecule has 1 heterocycles. The summed E-state index contributed by atoms with van der Waals surface area (Å²) in [6, 6.07) is 17.6. The number of rotatable bonds is 2. The van der Waals surface area contributed by atoms with Gasteiger partial charge in [0.2, 0.25) is 0 Å². The number of nitrogens with one attached hydrogen (secondary N) is 2. The highest BCUT2D eigenvalue weighted by molar-refractivity contribution is 5.98. The minimum atomic E-state index is -0.669. The van der Waals surface area contributed by atoms with Crippen molar-refractivity contribution < 1.29 is 9.59 Å². The highest BCUT2D eigenvalue weighted by Gasteiger charge is 2.60. The van der Waals surface area contributed by atoms with Crippen LogP contribution in [0.5, 0.6) is 0 Å². The smallest absolute Gasteiger partial charge is 0.306 e. The van der Waals surface area contributed by atoms with Gasteiger partial charge in [0.15, 0.2) is 5.66 Å². The third-order valence-electron chi connectivity index (χ3n) is 3.63. The van der Waals surface area contributed by atoms with E-state index in [9.17, 15) is 9.59 Å². The third kappa shape index (κ3) is 2.96. The summed E-state index contributed by atoms with van der Waals surface area (Å²) in [5.41, 5.74) is 0.699. The second-order valence-corrected chi connectivity index (χ2v) is 5.71. The molecule has 3 rings (SSSR count). The van der Waals surface area contributed by atoms with E-state index < -0.39 is 5.66 Å². The van der Waals surface area contributed by atoms with Crippen LogP contribution in [0.3, 0.4) is 0 Å². The van der Waals surface area contributed by atoms with Crippen LogP contribution in [0, 0.1) is 0 Å². The molecule has 4 amide bonds. The molecule has 2 N–H and O–H groups in total. The van der Waals surface area contributed by atoms with Gasteiger partial charge in [-0.05, 0) is 38.1 Å². The Bertz CT molecular complexity index is 654. The van der Waals surface area contributed by atoms with Crippen LogP contribution < -0.4 is 10.6 Å². The molecule has 0 spiro atoms. The second kappa shape index (κ2) is 5.64. The zero-order valence-corrected chi connectivity index (χ0v) is 13.0. The highest BCUT2D eigenvalue weighted by atomic mass is 16.2. The molecule has 1 saturated heterocycles. The van der Waals surface area contributed by atoms with E-state index in [4.69, 9.17) is 0 Å². The Morgan fingerprint density at radius 2 is 1.09 bits per heavy atom. The first-order valence-electron chi connectivity index (χ1n) is 7.32. The fourth-order valence-corrected chi connectivity index (χ4v) is 2.44. The lowest BCUT2D eigenvalue weighted by Gasteiger charge is -2.08. The summed E-state index contributed by atoms with van der Waals surface area (Å²) in [6.07, 6.45) is 0. The molecule has 0 atom stereocenters. The molecule has 1 fully saturated rings. The Morgan fingerprint density at radius 3 is 1.43 bits per heavy atom. The minimum absolute atomic E-state index is 0.343. The molecule has 2 aromatic carbocycles. The van der Waals surface area contributed by atoms with Gasteiger partial charge in [-0.3, -0.25) is 0 Å². The fraction of sp³-hybridized carbons (Fsp3) is 0.176. The molecular weight excluding hydrogens is 292 g/mol. The molecular formula is C17H18N4O2. The van der Waals surface area contributed by atoms with Gasteiger partial charge in [0.25, 0.3) is 0 Å². The lowest BCUT2D eigenvalue weighted by Crippen LogP contribution is -2.28. The first-order chi connectivity index (χ1) is 11.0. The fourth-order valence-electron chi connectivity index (χ4n) is 2.44. The summed E-state index contributed by atoms with van der Waals surface area (Å²) in [6.45, 7) is 3.62. The Labute approximate surface area is 134 Å². The number of hydrazine groups is 1. The van der Waals surface area contributed by atoms with E-state index in [1.54, 1.807) is 24.3 Å². The molecule has 0 aliphatic carbocycles. The maximum atomic E-state index is 12.4. The van der Waals surface area contributed by atoms with E-state index in [1.165, 1.54) is 10.0 Å². The van der Waals surface area contributed by atoms with E-state index >= 15 is 0 Å². The monoisotopic (exact) mass is 310 g/mol. The third-order valence-corrected chi connectivity index (χ3v) is 3.63. The molecule has 2 aromatic rings. The minimum Gasteiger partial charge on any atom is -0.306 e. The number of carbonyl (C=O) groups excluding carboxylic acids is 2. The number of para-hydroxylation sites is 2. The van der Waals surface area contributed by atoms with Crippen molar-refractivity contribution in [3.8, 4) is 0 Å². The molecule has 0 aromatic heterocycles. The average molecular weight is 310 g/mol. The second-order valence-electron chi connectivity index (χ2n) is 5.71. The Hall–Kier alpha value is -3.02. The van der Waals surface area contributed by atoms with Gasteiger partial charge in [0.1, 0.15) is 0 Å². The molecule has 6 nitrogen and oxygen atoms in total. The zero-order chi connectivity index (χ0) is 16.4. The SMILES string of the molecule is CC1(C)N(C(=O)Nc2ccccc2)N1C(=O)Nc1ccccc1. The molecule has 0 bridgehead atoms. The maximum absolute atomic E-state index is 12.4. The molecule has 23 heavy (non-hydrogen) atoms. The predicted octanol–water partition coefficient (Wildman–Crippen LogP) is 3.72. The quantitative estimate of drug-likeness (QED) is 0.830. The summed E-state index contributed by atoms with van der Waals surface area (Å²) >= 11 is 0. The number of hydrogen-bond acceptors (Lipinski definition) is 2. The van der Waals surface area contributed by atoms with Crippen LogP contribution in [0.25, 0.3) is 0 Å². The van der Waals surface area contributed by atoms with Crippen LogP contribution in [-0.2, 0) is 0 Å². The van der Waals surface area contributed by atoms with Crippen molar-refractivity contribution in [1.29, 1.82) is 0 Å². The van der Waals surface area contributed by atoms with Crippen molar-refractivity contribution in [2.75, 3.05) is 10.6 Å². The van der Waals surface area contributed by atoms with Crippen LogP contribution in [0.4, 0.5) is 21.0 Å². The van der Waals surface area contributed by atoms with Gasteiger partial charge >= 0.3 is 12.1 Å². The molecule has 0 saturated carbocycles. The van der Waals surface area contributed by atoms with Crippen LogP contribution >= 0.6 is 0 Å². The van der Waals surface area contributed by atoms with Crippen LogP contribution in [0.15, 0.2) is 60.7 Å². The highest BCUT2D eigenvalue weighted by Crippen LogP contribution is 2.39. The zero-order valence-electron chi connectivity index (χ0n) is 13.0. The number of benzene rings is 2. The summed E-state index contributed by atoms with van der Waals surface area (Å²) in [4.78, 5) is 24.7. The van der Waals surface area contributed by atoms with Gasteiger partial charge in [-0.15, -0.1) is 0 Å². The number of urea groups is 2. The van der Waals surface area contributed by atoms with E-state index in [0.29, 0.717) is 11.4 Å². The van der Waals surface area contributed by atoms with E-state index in [-0.39, 0.29) is 12.1 Å². The largest absolute Gasteiger partial charge is 0.343 e. The number of amides is 4. The van der Waals surface area contributed by atoms with Crippen LogP contribution in [-0.4, -0.2) is 27.7 Å². The lowest BCUT2D eigenvalue weighted by atomic mass is 10.3. The number of hydrogen-bond donors (Lipinski definition) is 2.